The Morgan fingerprint density at radius 1 is 0.516 bits per heavy atom. The van der Waals surface area contributed by atoms with Crippen LogP contribution in [0, 0.1) is 0 Å². The van der Waals surface area contributed by atoms with Crippen molar-refractivity contribution in [2.45, 2.75) is 0 Å². The molecular weight excluding hydrogens is 446 g/mol. The Kier molecular flexibility index (Phi) is 5.38. The van der Waals surface area contributed by atoms with E-state index in [4.69, 9.17) is 9.97 Å². The average molecular weight is 464 g/mol. The summed E-state index contributed by atoms with van der Waals surface area (Å²) in [4.78, 5) is 14.0. The summed E-state index contributed by atoms with van der Waals surface area (Å²) in [6.07, 6.45) is 3.66. The molecular formula is C27H18BrN3. The predicted molar refractivity (Wildman–Crippen MR) is 129 cm³/mol. The van der Waals surface area contributed by atoms with E-state index in [-0.39, 0.29) is 0 Å². The van der Waals surface area contributed by atoms with Crippen LogP contribution >= 0.6 is 15.9 Å². The van der Waals surface area contributed by atoms with Gasteiger partial charge in [-0.2, -0.15) is 0 Å². The summed E-state index contributed by atoms with van der Waals surface area (Å²) in [6, 6.07) is 32.7. The van der Waals surface area contributed by atoms with Gasteiger partial charge in [0.2, 0.25) is 0 Å². The molecule has 0 bridgehead atoms. The molecule has 0 aliphatic heterocycles. The molecule has 2 aromatic heterocycles. The highest BCUT2D eigenvalue weighted by atomic mass is 79.9. The van der Waals surface area contributed by atoms with E-state index < -0.39 is 0 Å². The molecule has 0 aliphatic carbocycles. The van der Waals surface area contributed by atoms with Crippen molar-refractivity contribution >= 4 is 15.9 Å². The molecule has 0 amide bonds. The maximum absolute atomic E-state index is 4.89. The van der Waals surface area contributed by atoms with E-state index in [9.17, 15) is 0 Å². The monoisotopic (exact) mass is 463 g/mol. The molecule has 2 heterocycles. The van der Waals surface area contributed by atoms with Crippen molar-refractivity contribution in [3.8, 4) is 45.0 Å². The van der Waals surface area contributed by atoms with Crippen molar-refractivity contribution in [3.05, 3.63) is 114 Å². The van der Waals surface area contributed by atoms with E-state index in [1.165, 1.54) is 0 Å². The molecule has 148 valence electrons. The molecule has 0 unspecified atom stereocenters. The Morgan fingerprint density at radius 3 is 1.90 bits per heavy atom. The van der Waals surface area contributed by atoms with Gasteiger partial charge in [-0.05, 0) is 35.4 Å². The van der Waals surface area contributed by atoms with Crippen molar-refractivity contribution in [1.29, 1.82) is 0 Å². The van der Waals surface area contributed by atoms with Crippen molar-refractivity contribution < 1.29 is 0 Å². The maximum atomic E-state index is 4.89. The third kappa shape index (κ3) is 4.30. The first-order valence-corrected chi connectivity index (χ1v) is 10.8. The quantitative estimate of drug-likeness (QED) is 0.280. The average Bonchev–Trinajstić information content (AvgIpc) is 2.85. The lowest BCUT2D eigenvalue weighted by Gasteiger charge is -2.10. The number of halogens is 1. The normalized spacial score (nSPS) is 10.7. The second-order valence-corrected chi connectivity index (χ2v) is 8.07. The first kappa shape index (κ1) is 19.3. The lowest BCUT2D eigenvalue weighted by atomic mass is 10.0. The van der Waals surface area contributed by atoms with Crippen LogP contribution in [-0.4, -0.2) is 15.0 Å². The summed E-state index contributed by atoms with van der Waals surface area (Å²) < 4.78 is 1.02. The molecule has 31 heavy (non-hydrogen) atoms. The van der Waals surface area contributed by atoms with Crippen LogP contribution < -0.4 is 0 Å². The van der Waals surface area contributed by atoms with Crippen LogP contribution in [0.25, 0.3) is 45.0 Å². The highest BCUT2D eigenvalue weighted by Crippen LogP contribution is 2.30. The summed E-state index contributed by atoms with van der Waals surface area (Å²) in [7, 11) is 0. The van der Waals surface area contributed by atoms with Gasteiger partial charge in [-0.1, -0.05) is 88.7 Å². The number of hydrogen-bond donors (Lipinski definition) is 0. The van der Waals surface area contributed by atoms with Gasteiger partial charge in [0.1, 0.15) is 0 Å². The van der Waals surface area contributed by atoms with Crippen LogP contribution in [0.4, 0.5) is 0 Å². The molecule has 0 aliphatic rings. The topological polar surface area (TPSA) is 38.7 Å². The summed E-state index contributed by atoms with van der Waals surface area (Å²) in [6.45, 7) is 0. The van der Waals surface area contributed by atoms with Crippen molar-refractivity contribution in [1.82, 2.24) is 15.0 Å². The molecule has 5 aromatic rings. The Hall–Kier alpha value is -3.63. The maximum Gasteiger partial charge on any atom is 0.160 e. The predicted octanol–water partition coefficient (Wildman–Crippen LogP) is 7.30. The van der Waals surface area contributed by atoms with Crippen LogP contribution in [0.15, 0.2) is 114 Å². The zero-order chi connectivity index (χ0) is 21.0. The summed E-state index contributed by atoms with van der Waals surface area (Å²) >= 11 is 3.57. The van der Waals surface area contributed by atoms with Gasteiger partial charge in [0.05, 0.1) is 11.4 Å². The van der Waals surface area contributed by atoms with Gasteiger partial charge >= 0.3 is 0 Å². The fraction of sp³-hybridized carbons (Fsp3) is 0. The molecule has 0 saturated heterocycles. The Labute approximate surface area is 189 Å². The molecule has 3 nitrogen and oxygen atoms in total. The van der Waals surface area contributed by atoms with E-state index >= 15 is 0 Å². The molecule has 0 fully saturated rings. The first-order chi connectivity index (χ1) is 15.3. The first-order valence-electron chi connectivity index (χ1n) is 9.97. The van der Waals surface area contributed by atoms with E-state index in [0.29, 0.717) is 5.82 Å². The highest BCUT2D eigenvalue weighted by Gasteiger charge is 2.11. The van der Waals surface area contributed by atoms with E-state index in [0.717, 1.165) is 43.7 Å². The third-order valence-electron chi connectivity index (χ3n) is 5.05. The molecule has 0 N–H and O–H groups in total. The van der Waals surface area contributed by atoms with Crippen LogP contribution in [0.5, 0.6) is 0 Å². The second-order valence-electron chi connectivity index (χ2n) is 7.16. The summed E-state index contributed by atoms with van der Waals surface area (Å²) in [5.74, 6) is 0.712. The lowest BCUT2D eigenvalue weighted by Crippen LogP contribution is -1.96. The van der Waals surface area contributed by atoms with Gasteiger partial charge in [-0.25, -0.2) is 9.97 Å². The van der Waals surface area contributed by atoms with Crippen LogP contribution in [0.3, 0.4) is 0 Å². The Morgan fingerprint density at radius 2 is 1.19 bits per heavy atom. The minimum absolute atomic E-state index is 0.712. The minimum atomic E-state index is 0.712. The number of rotatable bonds is 4. The molecule has 0 atom stereocenters. The number of aromatic nitrogens is 3. The molecule has 0 radical (unpaired) electrons. The molecule has 3 aromatic carbocycles. The molecule has 0 spiro atoms. The van der Waals surface area contributed by atoms with Gasteiger partial charge in [0, 0.05) is 33.6 Å². The van der Waals surface area contributed by atoms with Crippen LogP contribution in [-0.2, 0) is 0 Å². The van der Waals surface area contributed by atoms with Gasteiger partial charge in [0.15, 0.2) is 5.82 Å². The van der Waals surface area contributed by atoms with Gasteiger partial charge in [-0.15, -0.1) is 0 Å². The number of benzene rings is 3. The lowest BCUT2D eigenvalue weighted by molar-refractivity contribution is 1.18. The van der Waals surface area contributed by atoms with E-state index in [2.05, 4.69) is 63.4 Å². The largest absolute Gasteiger partial charge is 0.264 e. The van der Waals surface area contributed by atoms with Gasteiger partial charge in [-0.3, -0.25) is 4.98 Å². The Balaban J connectivity index is 1.61. The van der Waals surface area contributed by atoms with Crippen LogP contribution in [0.2, 0.25) is 0 Å². The molecule has 4 heteroatoms. The fourth-order valence-electron chi connectivity index (χ4n) is 3.47. The van der Waals surface area contributed by atoms with Crippen LogP contribution in [0.1, 0.15) is 0 Å². The fourth-order valence-corrected chi connectivity index (χ4v) is 3.87. The standard InChI is InChI=1S/C27H18BrN3/c28-24-10-4-8-22(16-24)26-17-25(30-27(31-26)21-6-2-1-3-7-21)20-13-11-19(12-14-20)23-9-5-15-29-18-23/h1-18H. The van der Waals surface area contributed by atoms with Gasteiger partial charge < -0.3 is 0 Å². The zero-order valence-corrected chi connectivity index (χ0v) is 18.2. The van der Waals surface area contributed by atoms with Crippen molar-refractivity contribution in [2.24, 2.45) is 0 Å². The van der Waals surface area contributed by atoms with Crippen molar-refractivity contribution in [3.63, 3.8) is 0 Å². The van der Waals surface area contributed by atoms with E-state index in [1.54, 1.807) is 6.20 Å². The number of pyridine rings is 1. The Bertz CT molecular complexity index is 1320. The molecule has 0 saturated carbocycles. The highest BCUT2D eigenvalue weighted by molar-refractivity contribution is 9.10. The smallest absolute Gasteiger partial charge is 0.160 e. The zero-order valence-electron chi connectivity index (χ0n) is 16.6. The third-order valence-corrected chi connectivity index (χ3v) is 5.55. The van der Waals surface area contributed by atoms with Gasteiger partial charge in [0.25, 0.3) is 0 Å². The second kappa shape index (κ2) is 8.62. The van der Waals surface area contributed by atoms with Crippen molar-refractivity contribution in [2.75, 3.05) is 0 Å². The number of hydrogen-bond acceptors (Lipinski definition) is 3. The summed E-state index contributed by atoms with van der Waals surface area (Å²) in [5.41, 5.74) is 7.08. The minimum Gasteiger partial charge on any atom is -0.264 e. The number of nitrogens with zero attached hydrogens (tertiary/aromatic N) is 3. The SMILES string of the molecule is Brc1cccc(-c2cc(-c3ccc(-c4cccnc4)cc3)nc(-c3ccccc3)n2)c1. The summed E-state index contributed by atoms with van der Waals surface area (Å²) in [5, 5.41) is 0. The van der Waals surface area contributed by atoms with E-state index in [1.807, 2.05) is 60.8 Å². The molecule has 5 rings (SSSR count).